The Morgan fingerprint density at radius 1 is 1.42 bits per heavy atom. The Labute approximate surface area is 115 Å². The van der Waals surface area contributed by atoms with Gasteiger partial charge >= 0.3 is 0 Å². The number of piperidine rings is 1. The number of H-pyrrole nitrogens is 1. The van der Waals surface area contributed by atoms with Crippen molar-refractivity contribution in [3.63, 3.8) is 0 Å². The highest BCUT2D eigenvalue weighted by molar-refractivity contribution is 5.38. The van der Waals surface area contributed by atoms with E-state index in [-0.39, 0.29) is 11.5 Å². The van der Waals surface area contributed by atoms with Crippen molar-refractivity contribution in [1.29, 1.82) is 0 Å². The van der Waals surface area contributed by atoms with Gasteiger partial charge in [0.1, 0.15) is 11.6 Å². The lowest BCUT2D eigenvalue weighted by atomic mass is 9.78. The standard InChI is InChI=1S/C15H25N3O/c1-5-15(4)6-8-18(9-7-15)12-10-13(19)17-14(16-12)11(2)3/h10-11H,5-9H2,1-4H3,(H,16,17,19). The number of hydrogen-bond acceptors (Lipinski definition) is 3. The Kier molecular flexibility index (Phi) is 3.97. The van der Waals surface area contributed by atoms with Crippen molar-refractivity contribution in [3.8, 4) is 0 Å². The monoisotopic (exact) mass is 263 g/mol. The van der Waals surface area contributed by atoms with Gasteiger partial charge < -0.3 is 9.88 Å². The zero-order valence-electron chi connectivity index (χ0n) is 12.5. The summed E-state index contributed by atoms with van der Waals surface area (Å²) in [6.45, 7) is 10.7. The molecule has 0 saturated carbocycles. The minimum absolute atomic E-state index is 0.0440. The van der Waals surface area contributed by atoms with Gasteiger partial charge in [-0.3, -0.25) is 4.79 Å². The van der Waals surface area contributed by atoms with Gasteiger partial charge in [0.15, 0.2) is 0 Å². The average molecular weight is 263 g/mol. The predicted octanol–water partition coefficient (Wildman–Crippen LogP) is 2.91. The molecule has 1 aromatic heterocycles. The van der Waals surface area contributed by atoms with E-state index in [2.05, 4.69) is 28.7 Å². The number of hydrogen-bond donors (Lipinski definition) is 1. The van der Waals surface area contributed by atoms with Crippen LogP contribution in [0.1, 0.15) is 58.7 Å². The summed E-state index contributed by atoms with van der Waals surface area (Å²) in [5, 5.41) is 0. The van der Waals surface area contributed by atoms with Gasteiger partial charge in [0.05, 0.1) is 0 Å². The fraction of sp³-hybridized carbons (Fsp3) is 0.733. The zero-order valence-corrected chi connectivity index (χ0v) is 12.5. The zero-order chi connectivity index (χ0) is 14.0. The molecule has 19 heavy (non-hydrogen) atoms. The highest BCUT2D eigenvalue weighted by atomic mass is 16.1. The second-order valence-electron chi connectivity index (χ2n) is 6.29. The molecule has 0 unspecified atom stereocenters. The Bertz CT molecular complexity index is 484. The van der Waals surface area contributed by atoms with Crippen molar-refractivity contribution in [2.75, 3.05) is 18.0 Å². The van der Waals surface area contributed by atoms with Crippen molar-refractivity contribution in [3.05, 3.63) is 22.2 Å². The van der Waals surface area contributed by atoms with Crippen molar-refractivity contribution >= 4 is 5.82 Å². The van der Waals surface area contributed by atoms with E-state index in [0.717, 1.165) is 24.7 Å². The Morgan fingerprint density at radius 3 is 2.58 bits per heavy atom. The maximum absolute atomic E-state index is 11.7. The molecule has 0 bridgehead atoms. The minimum Gasteiger partial charge on any atom is -0.356 e. The molecule has 0 radical (unpaired) electrons. The molecule has 1 N–H and O–H groups in total. The summed E-state index contributed by atoms with van der Waals surface area (Å²) in [6.07, 6.45) is 3.57. The van der Waals surface area contributed by atoms with Crippen LogP contribution in [0.3, 0.4) is 0 Å². The lowest BCUT2D eigenvalue weighted by molar-refractivity contribution is 0.237. The van der Waals surface area contributed by atoms with E-state index < -0.39 is 0 Å². The summed E-state index contributed by atoms with van der Waals surface area (Å²) < 4.78 is 0. The average Bonchev–Trinajstić information content (AvgIpc) is 2.39. The predicted molar refractivity (Wildman–Crippen MR) is 78.8 cm³/mol. The SMILES string of the molecule is CCC1(C)CCN(c2cc(=O)[nH]c(C(C)C)n2)CC1. The molecule has 1 fully saturated rings. The molecular weight excluding hydrogens is 238 g/mol. The fourth-order valence-corrected chi connectivity index (χ4v) is 2.53. The summed E-state index contributed by atoms with van der Waals surface area (Å²) in [7, 11) is 0. The number of nitrogens with zero attached hydrogens (tertiary/aromatic N) is 2. The third-order valence-electron chi connectivity index (χ3n) is 4.44. The highest BCUT2D eigenvalue weighted by Crippen LogP contribution is 2.35. The Morgan fingerprint density at radius 2 is 2.05 bits per heavy atom. The lowest BCUT2D eigenvalue weighted by Gasteiger charge is -2.39. The van der Waals surface area contributed by atoms with Gasteiger partial charge in [0.2, 0.25) is 0 Å². The highest BCUT2D eigenvalue weighted by Gasteiger charge is 2.29. The maximum Gasteiger partial charge on any atom is 0.252 e. The van der Waals surface area contributed by atoms with Gasteiger partial charge in [0, 0.05) is 25.1 Å². The third kappa shape index (κ3) is 3.17. The smallest absolute Gasteiger partial charge is 0.252 e. The van der Waals surface area contributed by atoms with Crippen LogP contribution in [0.4, 0.5) is 5.82 Å². The van der Waals surface area contributed by atoms with Crippen LogP contribution in [0, 0.1) is 5.41 Å². The molecule has 1 aliphatic rings. The molecule has 0 aromatic carbocycles. The van der Waals surface area contributed by atoms with E-state index in [9.17, 15) is 4.79 Å². The summed E-state index contributed by atoms with van der Waals surface area (Å²) in [4.78, 5) is 21.4. The second kappa shape index (κ2) is 5.35. The summed E-state index contributed by atoms with van der Waals surface area (Å²) in [5.74, 6) is 1.87. The molecule has 0 amide bonds. The fourth-order valence-electron chi connectivity index (χ4n) is 2.53. The maximum atomic E-state index is 11.7. The minimum atomic E-state index is -0.0440. The normalized spacial score (nSPS) is 18.9. The van der Waals surface area contributed by atoms with Crippen molar-refractivity contribution in [1.82, 2.24) is 9.97 Å². The van der Waals surface area contributed by atoms with Crippen LogP contribution < -0.4 is 10.5 Å². The van der Waals surface area contributed by atoms with Crippen LogP contribution in [0.5, 0.6) is 0 Å². The molecule has 4 nitrogen and oxygen atoms in total. The molecule has 2 rings (SSSR count). The molecule has 106 valence electrons. The van der Waals surface area contributed by atoms with E-state index in [4.69, 9.17) is 0 Å². The van der Waals surface area contributed by atoms with Gasteiger partial charge in [-0.1, -0.05) is 34.1 Å². The van der Waals surface area contributed by atoms with Crippen LogP contribution in [0.2, 0.25) is 0 Å². The number of rotatable bonds is 3. The first-order chi connectivity index (χ1) is 8.93. The molecule has 1 saturated heterocycles. The van der Waals surface area contributed by atoms with Crippen molar-refractivity contribution in [2.24, 2.45) is 5.41 Å². The second-order valence-corrected chi connectivity index (χ2v) is 6.29. The van der Waals surface area contributed by atoms with Gasteiger partial charge in [-0.25, -0.2) is 4.98 Å². The molecular formula is C15H25N3O. The number of anilines is 1. The van der Waals surface area contributed by atoms with Gasteiger partial charge in [-0.15, -0.1) is 0 Å². The summed E-state index contributed by atoms with van der Waals surface area (Å²) >= 11 is 0. The van der Waals surface area contributed by atoms with Crippen LogP contribution in [0.15, 0.2) is 10.9 Å². The number of nitrogens with one attached hydrogen (secondary N) is 1. The van der Waals surface area contributed by atoms with E-state index in [1.807, 2.05) is 13.8 Å². The molecule has 1 aliphatic heterocycles. The van der Waals surface area contributed by atoms with E-state index in [1.54, 1.807) is 6.07 Å². The lowest BCUT2D eigenvalue weighted by Crippen LogP contribution is -2.39. The first-order valence-electron chi connectivity index (χ1n) is 7.30. The van der Waals surface area contributed by atoms with Gasteiger partial charge in [-0.05, 0) is 18.3 Å². The van der Waals surface area contributed by atoms with Gasteiger partial charge in [0.25, 0.3) is 5.56 Å². The van der Waals surface area contributed by atoms with Gasteiger partial charge in [-0.2, -0.15) is 0 Å². The molecule has 0 atom stereocenters. The molecule has 1 aromatic rings. The van der Waals surface area contributed by atoms with Crippen LogP contribution in [-0.4, -0.2) is 23.1 Å². The molecule has 0 spiro atoms. The van der Waals surface area contributed by atoms with E-state index in [0.29, 0.717) is 5.41 Å². The van der Waals surface area contributed by atoms with Crippen molar-refractivity contribution < 1.29 is 0 Å². The molecule has 4 heteroatoms. The molecule has 2 heterocycles. The largest absolute Gasteiger partial charge is 0.356 e. The van der Waals surface area contributed by atoms with Crippen LogP contribution in [-0.2, 0) is 0 Å². The quantitative estimate of drug-likeness (QED) is 0.912. The molecule has 0 aliphatic carbocycles. The first kappa shape index (κ1) is 14.1. The number of aromatic amines is 1. The Hall–Kier alpha value is -1.32. The summed E-state index contributed by atoms with van der Waals surface area (Å²) in [5.41, 5.74) is 0.413. The summed E-state index contributed by atoms with van der Waals surface area (Å²) in [6, 6.07) is 1.63. The third-order valence-corrected chi connectivity index (χ3v) is 4.44. The van der Waals surface area contributed by atoms with E-state index >= 15 is 0 Å². The van der Waals surface area contributed by atoms with Crippen LogP contribution in [0.25, 0.3) is 0 Å². The number of aromatic nitrogens is 2. The van der Waals surface area contributed by atoms with Crippen molar-refractivity contribution in [2.45, 2.75) is 52.9 Å². The topological polar surface area (TPSA) is 49.0 Å². The Balaban J connectivity index is 2.18. The van der Waals surface area contributed by atoms with Crippen LogP contribution >= 0.6 is 0 Å². The first-order valence-corrected chi connectivity index (χ1v) is 7.30. The van der Waals surface area contributed by atoms with E-state index in [1.165, 1.54) is 19.3 Å².